The van der Waals surface area contributed by atoms with Crippen molar-refractivity contribution in [3.63, 3.8) is 0 Å². The average Bonchev–Trinajstić information content (AvgIpc) is 3.20. The van der Waals surface area contributed by atoms with Crippen LogP contribution in [0.1, 0.15) is 29.5 Å². The molecular formula is C20H17ClNO4-. The number of allylic oxidation sites excluding steroid dienone is 1. The third kappa shape index (κ3) is 3.83. The van der Waals surface area contributed by atoms with Crippen LogP contribution in [-0.2, 0) is 9.53 Å². The van der Waals surface area contributed by atoms with Gasteiger partial charge in [0.05, 0.1) is 17.2 Å². The minimum atomic E-state index is -0.469. The highest BCUT2D eigenvalue weighted by Gasteiger charge is 2.15. The first kappa shape index (κ1) is 17.9. The second-order valence-corrected chi connectivity index (χ2v) is 6.16. The van der Waals surface area contributed by atoms with Crippen LogP contribution in [0.2, 0.25) is 5.02 Å². The quantitative estimate of drug-likeness (QED) is 0.608. The van der Waals surface area contributed by atoms with Gasteiger partial charge in [-0.05, 0) is 30.3 Å². The topological polar surface area (TPSA) is 68.5 Å². The van der Waals surface area contributed by atoms with Crippen LogP contribution in [0.15, 0.2) is 58.7 Å². The first-order valence-electron chi connectivity index (χ1n) is 8.11. The largest absolute Gasteiger partial charge is 0.477 e. The van der Waals surface area contributed by atoms with E-state index in [4.69, 9.17) is 20.8 Å². The van der Waals surface area contributed by atoms with Crippen LogP contribution < -0.4 is 5.32 Å². The molecule has 0 fully saturated rings. The number of ether oxygens (including phenoxy) is 1. The lowest BCUT2D eigenvalue weighted by Crippen LogP contribution is -2.15. The normalized spacial score (nSPS) is 13.4. The molecule has 0 spiro atoms. The van der Waals surface area contributed by atoms with Crippen LogP contribution in [0.5, 0.6) is 0 Å². The van der Waals surface area contributed by atoms with Gasteiger partial charge >= 0.3 is 5.97 Å². The van der Waals surface area contributed by atoms with E-state index in [1.54, 1.807) is 42.8 Å². The predicted molar refractivity (Wildman–Crippen MR) is 98.5 cm³/mol. The van der Waals surface area contributed by atoms with Crippen molar-refractivity contribution in [2.45, 2.75) is 13.3 Å². The molecule has 5 nitrogen and oxygen atoms in total. The summed E-state index contributed by atoms with van der Waals surface area (Å²) in [6.45, 7) is 5.94. The van der Waals surface area contributed by atoms with Gasteiger partial charge in [-0.15, -0.1) is 6.08 Å². The summed E-state index contributed by atoms with van der Waals surface area (Å²) in [6.07, 6.45) is 4.01. The molecule has 1 amide bonds. The summed E-state index contributed by atoms with van der Waals surface area (Å²) < 4.78 is 10.9. The molecule has 0 saturated carbocycles. The Morgan fingerprint density at radius 3 is 2.85 bits per heavy atom. The number of benzene rings is 1. The van der Waals surface area contributed by atoms with Crippen molar-refractivity contribution in [2.75, 3.05) is 6.61 Å². The van der Waals surface area contributed by atoms with Gasteiger partial charge in [-0.1, -0.05) is 49.2 Å². The highest BCUT2D eigenvalue weighted by Crippen LogP contribution is 2.29. The number of carbonyl (C=O) groups is 2. The second kappa shape index (κ2) is 7.54. The minimum Gasteiger partial charge on any atom is -0.477 e. The average molecular weight is 371 g/mol. The molecule has 0 radical (unpaired) electrons. The molecule has 0 unspecified atom stereocenters. The highest BCUT2D eigenvalue weighted by atomic mass is 35.5. The van der Waals surface area contributed by atoms with Gasteiger partial charge < -0.3 is 19.3 Å². The van der Waals surface area contributed by atoms with Crippen LogP contribution in [0.25, 0.3) is 11.3 Å². The molecule has 1 aliphatic rings. The van der Waals surface area contributed by atoms with Crippen molar-refractivity contribution in [1.82, 2.24) is 5.32 Å². The van der Waals surface area contributed by atoms with E-state index in [0.717, 1.165) is 6.42 Å². The molecule has 0 saturated heterocycles. The maximum absolute atomic E-state index is 12.1. The number of esters is 1. The van der Waals surface area contributed by atoms with E-state index in [1.165, 1.54) is 0 Å². The molecule has 1 aromatic heterocycles. The van der Waals surface area contributed by atoms with Crippen molar-refractivity contribution in [1.29, 1.82) is 0 Å². The lowest BCUT2D eigenvalue weighted by atomic mass is 10.1. The number of hydrogen-bond donors (Lipinski definition) is 1. The number of hydrogen-bond acceptors (Lipinski definition) is 4. The van der Waals surface area contributed by atoms with Crippen LogP contribution in [0, 0.1) is 6.42 Å². The van der Waals surface area contributed by atoms with E-state index in [2.05, 4.69) is 11.9 Å². The third-order valence-corrected chi connectivity index (χ3v) is 4.03. The van der Waals surface area contributed by atoms with Crippen molar-refractivity contribution in [2.24, 2.45) is 0 Å². The number of furan rings is 1. The fourth-order valence-electron chi connectivity index (χ4n) is 2.46. The molecule has 26 heavy (non-hydrogen) atoms. The SMILES string of the molecule is C=C1C=C([CH-]c2ccc(-c3ccc(Cl)c(C(=O)OCCC)c3)o2)C(=O)N1. The van der Waals surface area contributed by atoms with Crippen molar-refractivity contribution in [3.05, 3.63) is 77.0 Å². The smallest absolute Gasteiger partial charge is 0.339 e. The predicted octanol–water partition coefficient (Wildman–Crippen LogP) is 4.29. The molecule has 0 atom stereocenters. The van der Waals surface area contributed by atoms with Crippen LogP contribution >= 0.6 is 11.6 Å². The molecule has 2 aromatic rings. The van der Waals surface area contributed by atoms with E-state index in [1.807, 2.05) is 6.92 Å². The van der Waals surface area contributed by atoms with Gasteiger partial charge in [-0.25, -0.2) is 4.79 Å². The van der Waals surface area contributed by atoms with E-state index >= 15 is 0 Å². The summed E-state index contributed by atoms with van der Waals surface area (Å²) in [7, 11) is 0. The molecule has 134 valence electrons. The van der Waals surface area contributed by atoms with Crippen LogP contribution in [0.3, 0.4) is 0 Å². The molecule has 6 heteroatoms. The van der Waals surface area contributed by atoms with Crippen LogP contribution in [-0.4, -0.2) is 18.5 Å². The fourth-order valence-corrected chi connectivity index (χ4v) is 2.66. The number of amides is 1. The summed E-state index contributed by atoms with van der Waals surface area (Å²) >= 11 is 6.11. The van der Waals surface area contributed by atoms with Gasteiger partial charge in [0.1, 0.15) is 5.76 Å². The molecule has 2 heterocycles. The molecule has 1 aromatic carbocycles. The van der Waals surface area contributed by atoms with Crippen molar-refractivity contribution in [3.8, 4) is 11.3 Å². The molecule has 0 aliphatic carbocycles. The van der Waals surface area contributed by atoms with E-state index < -0.39 is 5.97 Å². The zero-order valence-electron chi connectivity index (χ0n) is 14.2. The minimum absolute atomic E-state index is 0.222. The Hall–Kier alpha value is -2.92. The monoisotopic (exact) mass is 370 g/mol. The number of rotatable bonds is 6. The Morgan fingerprint density at radius 1 is 1.35 bits per heavy atom. The lowest BCUT2D eigenvalue weighted by molar-refractivity contribution is -0.116. The summed E-state index contributed by atoms with van der Waals surface area (Å²) in [6, 6.07) is 8.52. The summed E-state index contributed by atoms with van der Waals surface area (Å²) in [5, 5.41) is 2.92. The highest BCUT2D eigenvalue weighted by molar-refractivity contribution is 6.33. The van der Waals surface area contributed by atoms with Gasteiger partial charge in [-0.2, -0.15) is 0 Å². The summed E-state index contributed by atoms with van der Waals surface area (Å²) in [5.41, 5.74) is 1.98. The first-order chi connectivity index (χ1) is 12.5. The van der Waals surface area contributed by atoms with E-state index in [0.29, 0.717) is 40.0 Å². The Balaban J connectivity index is 1.81. The fraction of sp³-hybridized carbons (Fsp3) is 0.150. The van der Waals surface area contributed by atoms with Gasteiger partial charge in [-0.3, -0.25) is 0 Å². The maximum atomic E-state index is 12.1. The number of carbonyl (C=O) groups excluding carboxylic acids is 2. The Bertz CT molecular complexity index is 910. The Labute approximate surface area is 156 Å². The summed E-state index contributed by atoms with van der Waals surface area (Å²) in [4.78, 5) is 23.8. The molecule has 0 bridgehead atoms. The van der Waals surface area contributed by atoms with Gasteiger partial charge in [0.25, 0.3) is 0 Å². The second-order valence-electron chi connectivity index (χ2n) is 5.76. The third-order valence-electron chi connectivity index (χ3n) is 3.70. The van der Waals surface area contributed by atoms with Gasteiger partial charge in [0.15, 0.2) is 5.91 Å². The standard InChI is InChI=1S/C20H17ClNO4/c1-3-8-25-20(24)16-11-13(4-6-17(16)21)18-7-5-15(26-18)10-14-9-12(2)22-19(14)23/h4-7,9-11H,2-3,8H2,1H3,(H,22,23)/q-1. The number of nitrogens with one attached hydrogen (secondary N) is 1. The van der Waals surface area contributed by atoms with E-state index in [-0.39, 0.29) is 11.5 Å². The van der Waals surface area contributed by atoms with Crippen molar-refractivity contribution >= 4 is 23.5 Å². The van der Waals surface area contributed by atoms with E-state index in [9.17, 15) is 9.59 Å². The summed E-state index contributed by atoms with van der Waals surface area (Å²) in [5.74, 6) is 0.375. The number of halogens is 1. The maximum Gasteiger partial charge on any atom is 0.339 e. The molecule has 1 N–H and O–H groups in total. The molecule has 1 aliphatic heterocycles. The van der Waals surface area contributed by atoms with Crippen LogP contribution in [0.4, 0.5) is 0 Å². The van der Waals surface area contributed by atoms with Gasteiger partial charge in [0.2, 0.25) is 0 Å². The first-order valence-corrected chi connectivity index (χ1v) is 8.49. The zero-order chi connectivity index (χ0) is 18.7. The molecular weight excluding hydrogens is 354 g/mol. The van der Waals surface area contributed by atoms with Crippen molar-refractivity contribution < 1.29 is 18.7 Å². The Morgan fingerprint density at radius 2 is 2.15 bits per heavy atom. The Kier molecular flexibility index (Phi) is 5.19. The van der Waals surface area contributed by atoms with Gasteiger partial charge in [0, 0.05) is 11.3 Å². The molecule has 3 rings (SSSR count). The zero-order valence-corrected chi connectivity index (χ0v) is 14.9. The lowest BCUT2D eigenvalue weighted by Gasteiger charge is -2.07.